The van der Waals surface area contributed by atoms with E-state index in [2.05, 4.69) is 29.8 Å². The number of nitrogens with one attached hydrogen (secondary N) is 1. The van der Waals surface area contributed by atoms with E-state index in [-0.39, 0.29) is 0 Å². The third-order valence-corrected chi connectivity index (χ3v) is 4.11. The van der Waals surface area contributed by atoms with E-state index in [0.717, 1.165) is 41.7 Å². The van der Waals surface area contributed by atoms with Gasteiger partial charge in [0.1, 0.15) is 11.1 Å². The van der Waals surface area contributed by atoms with Gasteiger partial charge in [0.05, 0.1) is 13.1 Å². The number of hydrogen-bond acceptors (Lipinski definition) is 2. The van der Waals surface area contributed by atoms with Crippen LogP contribution in [0.2, 0.25) is 0 Å². The normalized spacial score (nSPS) is 23.0. The number of piperidine rings is 1. The maximum atomic E-state index is 11.4. The summed E-state index contributed by atoms with van der Waals surface area (Å²) in [6.45, 7) is 6.59. The average molecular weight is 269 g/mol. The van der Waals surface area contributed by atoms with E-state index in [1.807, 2.05) is 24.3 Å². The molecule has 1 aliphatic rings. The Labute approximate surface area is 119 Å². The number of benzene rings is 1. The van der Waals surface area contributed by atoms with Crippen molar-refractivity contribution in [1.29, 1.82) is 0 Å². The van der Waals surface area contributed by atoms with Gasteiger partial charge in [0, 0.05) is 5.39 Å². The number of anilines is 1. The lowest BCUT2D eigenvalue weighted by Crippen LogP contribution is -2.42. The van der Waals surface area contributed by atoms with Gasteiger partial charge in [-0.1, -0.05) is 32.0 Å². The summed E-state index contributed by atoms with van der Waals surface area (Å²) in [5, 5.41) is 1.08. The van der Waals surface area contributed by atoms with Gasteiger partial charge in [-0.15, -0.1) is 0 Å². The SMILES string of the molecule is C[C@@H]1C[C@@H](C)CN(c2[nH+]c3ccccc3cc2C=O)C1. The van der Waals surface area contributed by atoms with Crippen molar-refractivity contribution in [2.24, 2.45) is 11.8 Å². The van der Waals surface area contributed by atoms with Gasteiger partial charge in [-0.25, -0.2) is 4.98 Å². The zero-order chi connectivity index (χ0) is 14.1. The number of hydrogen-bond donors (Lipinski definition) is 0. The van der Waals surface area contributed by atoms with Crippen molar-refractivity contribution in [1.82, 2.24) is 0 Å². The molecule has 1 aliphatic heterocycles. The number of nitrogens with zero attached hydrogens (tertiary/aromatic N) is 1. The number of fused-ring (bicyclic) bond motifs is 1. The molecule has 3 heteroatoms. The second-order valence-corrected chi connectivity index (χ2v) is 6.13. The van der Waals surface area contributed by atoms with E-state index >= 15 is 0 Å². The third kappa shape index (κ3) is 2.40. The molecule has 0 unspecified atom stereocenters. The summed E-state index contributed by atoms with van der Waals surface area (Å²) in [5.74, 6) is 2.30. The highest BCUT2D eigenvalue weighted by atomic mass is 16.1. The fourth-order valence-electron chi connectivity index (χ4n) is 3.37. The van der Waals surface area contributed by atoms with E-state index < -0.39 is 0 Å². The molecule has 104 valence electrons. The van der Waals surface area contributed by atoms with Crippen LogP contribution >= 0.6 is 0 Å². The molecular weight excluding hydrogens is 248 g/mol. The van der Waals surface area contributed by atoms with Crippen LogP contribution in [0.3, 0.4) is 0 Å². The van der Waals surface area contributed by atoms with Gasteiger partial charge in [-0.05, 0) is 30.4 Å². The summed E-state index contributed by atoms with van der Waals surface area (Å²) in [7, 11) is 0. The van der Waals surface area contributed by atoms with Crippen LogP contribution in [0.25, 0.3) is 10.9 Å². The molecule has 0 radical (unpaired) electrons. The molecule has 2 atom stereocenters. The molecule has 1 aromatic carbocycles. The second-order valence-electron chi connectivity index (χ2n) is 6.13. The van der Waals surface area contributed by atoms with Crippen molar-refractivity contribution in [3.63, 3.8) is 0 Å². The molecule has 20 heavy (non-hydrogen) atoms. The van der Waals surface area contributed by atoms with E-state index in [1.54, 1.807) is 0 Å². The maximum Gasteiger partial charge on any atom is 0.285 e. The molecule has 0 amide bonds. The first kappa shape index (κ1) is 13.1. The Morgan fingerprint density at radius 2 is 1.90 bits per heavy atom. The minimum Gasteiger partial charge on any atom is -0.298 e. The van der Waals surface area contributed by atoms with Crippen molar-refractivity contribution >= 4 is 23.0 Å². The molecule has 0 bridgehead atoms. The Balaban J connectivity index is 2.07. The minimum absolute atomic E-state index is 0.665. The number of H-pyrrole nitrogens is 1. The molecule has 0 saturated carbocycles. The fraction of sp³-hybridized carbons (Fsp3) is 0.412. The predicted octanol–water partition coefficient (Wildman–Crippen LogP) is 2.95. The molecule has 1 aromatic heterocycles. The van der Waals surface area contributed by atoms with Gasteiger partial charge in [-0.3, -0.25) is 9.69 Å². The highest BCUT2D eigenvalue weighted by Crippen LogP contribution is 2.26. The largest absolute Gasteiger partial charge is 0.298 e. The molecule has 1 saturated heterocycles. The van der Waals surface area contributed by atoms with Gasteiger partial charge in [0.2, 0.25) is 0 Å². The van der Waals surface area contributed by atoms with Crippen LogP contribution < -0.4 is 9.88 Å². The van der Waals surface area contributed by atoms with Gasteiger partial charge < -0.3 is 0 Å². The fourth-order valence-corrected chi connectivity index (χ4v) is 3.37. The first-order valence-electron chi connectivity index (χ1n) is 7.32. The van der Waals surface area contributed by atoms with Crippen LogP contribution in [0.1, 0.15) is 30.6 Å². The van der Waals surface area contributed by atoms with Crippen LogP contribution in [-0.4, -0.2) is 19.4 Å². The Hall–Kier alpha value is -1.90. The summed E-state index contributed by atoms with van der Waals surface area (Å²) in [4.78, 5) is 17.2. The summed E-state index contributed by atoms with van der Waals surface area (Å²) >= 11 is 0. The second kappa shape index (κ2) is 5.23. The average Bonchev–Trinajstić information content (AvgIpc) is 2.44. The van der Waals surface area contributed by atoms with Gasteiger partial charge in [0.25, 0.3) is 5.82 Å². The Morgan fingerprint density at radius 1 is 1.20 bits per heavy atom. The zero-order valence-corrected chi connectivity index (χ0v) is 12.1. The molecule has 3 nitrogen and oxygen atoms in total. The molecule has 2 aromatic rings. The van der Waals surface area contributed by atoms with E-state index in [0.29, 0.717) is 11.8 Å². The predicted molar refractivity (Wildman–Crippen MR) is 81.0 cm³/mol. The number of aromatic nitrogens is 1. The zero-order valence-electron chi connectivity index (χ0n) is 12.1. The van der Waals surface area contributed by atoms with Crippen LogP contribution in [0.4, 0.5) is 5.82 Å². The highest BCUT2D eigenvalue weighted by molar-refractivity contribution is 5.88. The van der Waals surface area contributed by atoms with E-state index in [9.17, 15) is 4.79 Å². The first-order valence-corrected chi connectivity index (χ1v) is 7.32. The molecule has 0 spiro atoms. The number of rotatable bonds is 2. The van der Waals surface area contributed by atoms with Crippen molar-refractivity contribution in [2.75, 3.05) is 18.0 Å². The van der Waals surface area contributed by atoms with Crippen LogP contribution in [0.15, 0.2) is 30.3 Å². The molecule has 2 heterocycles. The lowest BCUT2D eigenvalue weighted by molar-refractivity contribution is -0.331. The molecule has 1 N–H and O–H groups in total. The van der Waals surface area contributed by atoms with Gasteiger partial charge in [0.15, 0.2) is 6.29 Å². The molecule has 3 rings (SSSR count). The summed E-state index contributed by atoms with van der Waals surface area (Å²) in [6.07, 6.45) is 2.22. The number of pyridine rings is 1. The number of aromatic amines is 1. The Bertz CT molecular complexity index is 628. The number of aldehydes is 1. The maximum absolute atomic E-state index is 11.4. The first-order chi connectivity index (χ1) is 9.67. The van der Waals surface area contributed by atoms with E-state index in [1.165, 1.54) is 6.42 Å². The van der Waals surface area contributed by atoms with Crippen molar-refractivity contribution in [3.8, 4) is 0 Å². The van der Waals surface area contributed by atoms with Crippen molar-refractivity contribution in [3.05, 3.63) is 35.9 Å². The smallest absolute Gasteiger partial charge is 0.285 e. The lowest BCUT2D eigenvalue weighted by atomic mass is 9.91. The van der Waals surface area contributed by atoms with Crippen LogP contribution in [-0.2, 0) is 0 Å². The molecule has 0 aliphatic carbocycles. The van der Waals surface area contributed by atoms with Crippen molar-refractivity contribution in [2.45, 2.75) is 20.3 Å². The summed E-state index contributed by atoms with van der Waals surface area (Å²) in [6, 6.07) is 10.1. The van der Waals surface area contributed by atoms with Gasteiger partial charge in [-0.2, -0.15) is 0 Å². The highest BCUT2D eigenvalue weighted by Gasteiger charge is 2.30. The van der Waals surface area contributed by atoms with Gasteiger partial charge >= 0.3 is 0 Å². The number of carbonyl (C=O) groups is 1. The minimum atomic E-state index is 0.665. The molecule has 1 fully saturated rings. The van der Waals surface area contributed by atoms with Crippen LogP contribution in [0.5, 0.6) is 0 Å². The standard InChI is InChI=1S/C17H20N2O/c1-12-7-13(2)10-19(9-12)17-15(11-20)8-14-5-3-4-6-16(14)18-17/h3-6,8,11-13H,7,9-10H2,1-2H3/p+1/t12-,13-/m1/s1. The third-order valence-electron chi connectivity index (χ3n) is 4.11. The van der Waals surface area contributed by atoms with Crippen molar-refractivity contribution < 1.29 is 9.78 Å². The Morgan fingerprint density at radius 3 is 2.60 bits per heavy atom. The topological polar surface area (TPSA) is 34.5 Å². The monoisotopic (exact) mass is 269 g/mol. The molecular formula is C17H21N2O+. The summed E-state index contributed by atoms with van der Waals surface area (Å²) < 4.78 is 0. The van der Waals surface area contributed by atoms with Crippen LogP contribution in [0, 0.1) is 11.8 Å². The Kier molecular flexibility index (Phi) is 3.43. The number of para-hydroxylation sites is 1. The lowest BCUT2D eigenvalue weighted by Gasteiger charge is -2.30. The quantitative estimate of drug-likeness (QED) is 0.786. The summed E-state index contributed by atoms with van der Waals surface area (Å²) in [5.41, 5.74) is 1.84. The van der Waals surface area contributed by atoms with E-state index in [4.69, 9.17) is 0 Å². The number of carbonyl (C=O) groups excluding carboxylic acids is 1.